The van der Waals surface area contributed by atoms with Gasteiger partial charge in [-0.1, -0.05) is 24.4 Å². The number of benzene rings is 1. The maximum atomic E-state index is 6.47. The molecule has 3 heteroatoms. The largest absolute Gasteiger partial charge is 0.492 e. The summed E-state index contributed by atoms with van der Waals surface area (Å²) in [4.78, 5) is 0. The Morgan fingerprint density at radius 1 is 1.35 bits per heavy atom. The minimum atomic E-state index is -0.182. The Hall–Kier alpha value is -0.730. The van der Waals surface area contributed by atoms with Crippen LogP contribution in [0.5, 0.6) is 5.75 Å². The number of hydrogen-bond donors (Lipinski definition) is 1. The SMILES string of the molecule is CCOc1cc(C)c(C2(N)CCCC2)cc1Cl. The van der Waals surface area contributed by atoms with Crippen molar-refractivity contribution in [3.63, 3.8) is 0 Å². The minimum Gasteiger partial charge on any atom is -0.492 e. The summed E-state index contributed by atoms with van der Waals surface area (Å²) in [6, 6.07) is 4.00. The van der Waals surface area contributed by atoms with Gasteiger partial charge in [0.1, 0.15) is 5.75 Å². The molecule has 0 spiro atoms. The Kier molecular flexibility index (Phi) is 3.64. The Morgan fingerprint density at radius 2 is 2.00 bits per heavy atom. The van der Waals surface area contributed by atoms with Crippen LogP contribution in [0.25, 0.3) is 0 Å². The van der Waals surface area contributed by atoms with Crippen LogP contribution >= 0.6 is 11.6 Å². The molecule has 0 unspecified atom stereocenters. The summed E-state index contributed by atoms with van der Waals surface area (Å²) in [5.41, 5.74) is 8.66. The number of nitrogens with two attached hydrogens (primary N) is 1. The Balaban J connectivity index is 2.39. The van der Waals surface area contributed by atoms with E-state index in [9.17, 15) is 0 Å². The third-order valence-electron chi connectivity index (χ3n) is 3.61. The second-order valence-corrected chi connectivity index (χ2v) is 5.30. The van der Waals surface area contributed by atoms with E-state index in [1.807, 2.05) is 19.1 Å². The first-order chi connectivity index (χ1) is 8.07. The van der Waals surface area contributed by atoms with E-state index in [1.54, 1.807) is 0 Å². The van der Waals surface area contributed by atoms with Crippen molar-refractivity contribution < 1.29 is 4.74 Å². The average Bonchev–Trinajstić information content (AvgIpc) is 2.71. The van der Waals surface area contributed by atoms with Crippen molar-refractivity contribution in [2.24, 2.45) is 5.73 Å². The van der Waals surface area contributed by atoms with Gasteiger partial charge in [-0.05, 0) is 49.9 Å². The fourth-order valence-corrected chi connectivity index (χ4v) is 2.95. The quantitative estimate of drug-likeness (QED) is 0.890. The average molecular weight is 254 g/mol. The van der Waals surface area contributed by atoms with E-state index in [4.69, 9.17) is 22.1 Å². The lowest BCUT2D eigenvalue weighted by Gasteiger charge is -2.27. The van der Waals surface area contributed by atoms with E-state index >= 15 is 0 Å². The van der Waals surface area contributed by atoms with E-state index < -0.39 is 0 Å². The Bertz CT molecular complexity index is 411. The number of halogens is 1. The maximum Gasteiger partial charge on any atom is 0.138 e. The second kappa shape index (κ2) is 4.87. The third kappa shape index (κ3) is 2.43. The standard InChI is InChI=1S/C14H20ClNO/c1-3-17-13-8-10(2)11(9-12(13)15)14(16)6-4-5-7-14/h8-9H,3-7,16H2,1-2H3. The molecule has 0 bridgehead atoms. The van der Waals surface area contributed by atoms with Crippen molar-refractivity contribution in [2.45, 2.75) is 45.1 Å². The molecule has 94 valence electrons. The topological polar surface area (TPSA) is 35.2 Å². The molecule has 17 heavy (non-hydrogen) atoms. The van der Waals surface area contributed by atoms with Crippen LogP contribution in [0.2, 0.25) is 5.02 Å². The lowest BCUT2D eigenvalue weighted by molar-refractivity contribution is 0.339. The van der Waals surface area contributed by atoms with Crippen LogP contribution in [0.4, 0.5) is 0 Å². The first-order valence-electron chi connectivity index (χ1n) is 6.29. The minimum absolute atomic E-state index is 0.182. The van der Waals surface area contributed by atoms with Gasteiger partial charge in [-0.15, -0.1) is 0 Å². The number of aryl methyl sites for hydroxylation is 1. The molecule has 0 aliphatic heterocycles. The Labute approximate surface area is 108 Å². The van der Waals surface area contributed by atoms with Gasteiger partial charge in [-0.25, -0.2) is 0 Å². The van der Waals surface area contributed by atoms with Gasteiger partial charge in [0.15, 0.2) is 0 Å². The zero-order valence-corrected chi connectivity index (χ0v) is 11.3. The zero-order valence-electron chi connectivity index (χ0n) is 10.6. The predicted molar refractivity (Wildman–Crippen MR) is 71.7 cm³/mol. The van der Waals surface area contributed by atoms with Crippen molar-refractivity contribution in [2.75, 3.05) is 6.61 Å². The molecule has 0 radical (unpaired) electrons. The molecule has 1 aromatic rings. The van der Waals surface area contributed by atoms with Gasteiger partial charge >= 0.3 is 0 Å². The monoisotopic (exact) mass is 253 g/mol. The van der Waals surface area contributed by atoms with Crippen molar-refractivity contribution in [1.29, 1.82) is 0 Å². The number of hydrogen-bond acceptors (Lipinski definition) is 2. The van der Waals surface area contributed by atoms with Crippen LogP contribution < -0.4 is 10.5 Å². The van der Waals surface area contributed by atoms with E-state index in [2.05, 4.69) is 6.92 Å². The molecule has 1 aromatic carbocycles. The molecule has 2 N–H and O–H groups in total. The second-order valence-electron chi connectivity index (χ2n) is 4.89. The van der Waals surface area contributed by atoms with Gasteiger partial charge in [0.25, 0.3) is 0 Å². The fraction of sp³-hybridized carbons (Fsp3) is 0.571. The number of rotatable bonds is 3. The first-order valence-corrected chi connectivity index (χ1v) is 6.67. The highest BCUT2D eigenvalue weighted by Gasteiger charge is 2.33. The first kappa shape index (κ1) is 12.7. The van der Waals surface area contributed by atoms with Crippen molar-refractivity contribution in [1.82, 2.24) is 0 Å². The maximum absolute atomic E-state index is 6.47. The molecule has 0 heterocycles. The normalized spacial score (nSPS) is 18.4. The fourth-order valence-electron chi connectivity index (χ4n) is 2.73. The summed E-state index contributed by atoms with van der Waals surface area (Å²) in [5.74, 6) is 0.761. The van der Waals surface area contributed by atoms with Crippen LogP contribution in [0.1, 0.15) is 43.7 Å². The summed E-state index contributed by atoms with van der Waals surface area (Å²) in [6.07, 6.45) is 4.53. The molecule has 1 aliphatic rings. The van der Waals surface area contributed by atoms with Crippen LogP contribution in [0, 0.1) is 6.92 Å². The van der Waals surface area contributed by atoms with Crippen LogP contribution in [0.3, 0.4) is 0 Å². The lowest BCUT2D eigenvalue weighted by atomic mass is 9.86. The lowest BCUT2D eigenvalue weighted by Crippen LogP contribution is -2.33. The molecule has 1 saturated carbocycles. The van der Waals surface area contributed by atoms with E-state index in [0.717, 1.165) is 18.6 Å². The summed E-state index contributed by atoms with van der Waals surface area (Å²) >= 11 is 6.24. The van der Waals surface area contributed by atoms with Gasteiger partial charge in [-0.3, -0.25) is 0 Å². The van der Waals surface area contributed by atoms with Gasteiger partial charge in [-0.2, -0.15) is 0 Å². The van der Waals surface area contributed by atoms with Gasteiger partial charge in [0.2, 0.25) is 0 Å². The van der Waals surface area contributed by atoms with Gasteiger partial charge < -0.3 is 10.5 Å². The van der Waals surface area contributed by atoms with E-state index in [1.165, 1.54) is 24.0 Å². The zero-order chi connectivity index (χ0) is 12.5. The molecule has 0 saturated heterocycles. The van der Waals surface area contributed by atoms with Crippen LogP contribution in [0.15, 0.2) is 12.1 Å². The molecule has 1 fully saturated rings. The summed E-state index contributed by atoms with van der Waals surface area (Å²) in [7, 11) is 0. The summed E-state index contributed by atoms with van der Waals surface area (Å²) in [5, 5.41) is 0.671. The molecular formula is C14H20ClNO. The highest BCUT2D eigenvalue weighted by molar-refractivity contribution is 6.32. The van der Waals surface area contributed by atoms with Crippen LogP contribution in [-0.4, -0.2) is 6.61 Å². The highest BCUT2D eigenvalue weighted by atomic mass is 35.5. The summed E-state index contributed by atoms with van der Waals surface area (Å²) in [6.45, 7) is 4.67. The smallest absolute Gasteiger partial charge is 0.138 e. The molecule has 0 amide bonds. The van der Waals surface area contributed by atoms with Crippen molar-refractivity contribution in [3.8, 4) is 5.75 Å². The van der Waals surface area contributed by atoms with Gasteiger partial charge in [0, 0.05) is 5.54 Å². The van der Waals surface area contributed by atoms with E-state index in [0.29, 0.717) is 11.6 Å². The van der Waals surface area contributed by atoms with Crippen LogP contribution in [-0.2, 0) is 5.54 Å². The molecule has 0 atom stereocenters. The summed E-state index contributed by atoms with van der Waals surface area (Å²) < 4.78 is 5.50. The molecule has 0 aromatic heterocycles. The van der Waals surface area contributed by atoms with Crippen molar-refractivity contribution in [3.05, 3.63) is 28.3 Å². The molecule has 2 nitrogen and oxygen atoms in total. The predicted octanol–water partition coefficient (Wildman–Crippen LogP) is 3.78. The molecular weight excluding hydrogens is 234 g/mol. The third-order valence-corrected chi connectivity index (χ3v) is 3.91. The molecule has 1 aliphatic carbocycles. The Morgan fingerprint density at radius 3 is 2.59 bits per heavy atom. The van der Waals surface area contributed by atoms with Crippen molar-refractivity contribution >= 4 is 11.6 Å². The molecule has 2 rings (SSSR count). The van der Waals surface area contributed by atoms with E-state index in [-0.39, 0.29) is 5.54 Å². The number of ether oxygens (including phenoxy) is 1. The highest BCUT2D eigenvalue weighted by Crippen LogP contribution is 2.40. The van der Waals surface area contributed by atoms with Gasteiger partial charge in [0.05, 0.1) is 11.6 Å².